The van der Waals surface area contributed by atoms with Crippen LogP contribution in [0.15, 0.2) is 77.7 Å². The molecule has 23 heavy (non-hydrogen) atoms. The van der Waals surface area contributed by atoms with E-state index in [-0.39, 0.29) is 11.9 Å². The van der Waals surface area contributed by atoms with Crippen LogP contribution in [0, 0.1) is 0 Å². The van der Waals surface area contributed by atoms with Crippen LogP contribution in [0.2, 0.25) is 0 Å². The second kappa shape index (κ2) is 7.26. The van der Waals surface area contributed by atoms with Gasteiger partial charge in [-0.05, 0) is 29.8 Å². The first-order valence-corrected chi connectivity index (χ1v) is 7.36. The van der Waals surface area contributed by atoms with Crippen LogP contribution in [0.1, 0.15) is 17.4 Å². The van der Waals surface area contributed by atoms with Crippen molar-refractivity contribution in [1.82, 2.24) is 15.1 Å². The summed E-state index contributed by atoms with van der Waals surface area (Å²) >= 11 is 0. The average Bonchev–Trinajstić information content (AvgIpc) is 3.28. The molecule has 1 N–H and O–H groups in total. The van der Waals surface area contributed by atoms with E-state index in [1.165, 1.54) is 6.08 Å². The molecule has 0 aliphatic heterocycles. The number of hydrogen-bond acceptors (Lipinski definition) is 3. The lowest BCUT2D eigenvalue weighted by atomic mass is 10.2. The van der Waals surface area contributed by atoms with Crippen molar-refractivity contribution in [2.75, 3.05) is 6.54 Å². The van der Waals surface area contributed by atoms with Gasteiger partial charge in [0.2, 0.25) is 5.91 Å². The van der Waals surface area contributed by atoms with Gasteiger partial charge in [-0.2, -0.15) is 5.10 Å². The van der Waals surface area contributed by atoms with E-state index < -0.39 is 0 Å². The second-order valence-electron chi connectivity index (χ2n) is 5.01. The van der Waals surface area contributed by atoms with Crippen molar-refractivity contribution < 1.29 is 9.21 Å². The highest BCUT2D eigenvalue weighted by Crippen LogP contribution is 2.17. The molecule has 0 aliphatic carbocycles. The fourth-order valence-electron chi connectivity index (χ4n) is 2.26. The smallest absolute Gasteiger partial charge is 0.244 e. The summed E-state index contributed by atoms with van der Waals surface area (Å²) in [4.78, 5) is 12.0. The number of nitrogens with zero attached hydrogens (tertiary/aromatic N) is 2. The lowest BCUT2D eigenvalue weighted by Gasteiger charge is -2.15. The number of amides is 1. The molecule has 1 aromatic carbocycles. The Kier molecular flexibility index (Phi) is 4.69. The zero-order valence-electron chi connectivity index (χ0n) is 12.5. The first-order chi connectivity index (χ1) is 11.3. The Balaban J connectivity index is 1.63. The van der Waals surface area contributed by atoms with E-state index >= 15 is 0 Å². The Bertz CT molecular complexity index is 713. The van der Waals surface area contributed by atoms with Crippen molar-refractivity contribution in [3.8, 4) is 0 Å². The molecule has 1 atom stereocenters. The van der Waals surface area contributed by atoms with Crippen molar-refractivity contribution in [3.63, 3.8) is 0 Å². The molecule has 5 heteroatoms. The second-order valence-corrected chi connectivity index (χ2v) is 5.01. The fraction of sp³-hybridized carbons (Fsp3) is 0.111. The number of furan rings is 1. The molecule has 0 saturated carbocycles. The third-order valence-corrected chi connectivity index (χ3v) is 3.41. The largest absolute Gasteiger partial charge is 0.467 e. The van der Waals surface area contributed by atoms with E-state index in [4.69, 9.17) is 4.42 Å². The van der Waals surface area contributed by atoms with Gasteiger partial charge in [0.25, 0.3) is 0 Å². The SMILES string of the molecule is O=C(C=Cc1ccccc1)NCC(c1ccco1)n1cccn1. The van der Waals surface area contributed by atoms with Crippen LogP contribution in [0.3, 0.4) is 0 Å². The number of carbonyl (C=O) groups excluding carboxylic acids is 1. The maximum absolute atomic E-state index is 12.0. The van der Waals surface area contributed by atoms with Crippen LogP contribution in [0.4, 0.5) is 0 Å². The molecule has 0 bridgehead atoms. The van der Waals surface area contributed by atoms with Gasteiger partial charge in [0.1, 0.15) is 11.8 Å². The van der Waals surface area contributed by atoms with Gasteiger partial charge in [0.05, 0.1) is 6.26 Å². The van der Waals surface area contributed by atoms with Gasteiger partial charge in [-0.1, -0.05) is 30.3 Å². The highest BCUT2D eigenvalue weighted by molar-refractivity contribution is 5.91. The van der Waals surface area contributed by atoms with Crippen molar-refractivity contribution in [2.24, 2.45) is 0 Å². The predicted octanol–water partition coefficient (Wildman–Crippen LogP) is 2.90. The summed E-state index contributed by atoms with van der Waals surface area (Å²) in [5, 5.41) is 7.11. The number of aromatic nitrogens is 2. The fourth-order valence-corrected chi connectivity index (χ4v) is 2.26. The molecule has 0 saturated heterocycles. The first-order valence-electron chi connectivity index (χ1n) is 7.36. The van der Waals surface area contributed by atoms with E-state index in [1.807, 2.05) is 54.7 Å². The van der Waals surface area contributed by atoms with Gasteiger partial charge in [0, 0.05) is 25.0 Å². The quantitative estimate of drug-likeness (QED) is 0.712. The Hall–Kier alpha value is -3.08. The monoisotopic (exact) mass is 307 g/mol. The van der Waals surface area contributed by atoms with Crippen molar-refractivity contribution >= 4 is 12.0 Å². The number of hydrogen-bond donors (Lipinski definition) is 1. The van der Waals surface area contributed by atoms with Crippen molar-refractivity contribution in [3.05, 3.63) is 84.6 Å². The van der Waals surface area contributed by atoms with Crippen LogP contribution < -0.4 is 5.32 Å². The van der Waals surface area contributed by atoms with Crippen LogP contribution in [-0.2, 0) is 4.79 Å². The van der Waals surface area contributed by atoms with Crippen LogP contribution in [0.5, 0.6) is 0 Å². The van der Waals surface area contributed by atoms with Gasteiger partial charge in [-0.15, -0.1) is 0 Å². The molecule has 0 aliphatic rings. The number of benzene rings is 1. The normalized spacial score (nSPS) is 12.3. The zero-order chi connectivity index (χ0) is 15.9. The Labute approximate surface area is 134 Å². The Morgan fingerprint density at radius 1 is 1.22 bits per heavy atom. The van der Waals surface area contributed by atoms with E-state index in [2.05, 4.69) is 10.4 Å². The molecule has 0 spiro atoms. The van der Waals surface area contributed by atoms with E-state index in [1.54, 1.807) is 23.2 Å². The number of nitrogens with one attached hydrogen (secondary N) is 1. The van der Waals surface area contributed by atoms with E-state index in [0.29, 0.717) is 6.54 Å². The summed E-state index contributed by atoms with van der Waals surface area (Å²) in [6, 6.07) is 15.1. The van der Waals surface area contributed by atoms with E-state index in [0.717, 1.165) is 11.3 Å². The minimum absolute atomic E-state index is 0.155. The molecule has 0 fully saturated rings. The van der Waals surface area contributed by atoms with Gasteiger partial charge in [-0.25, -0.2) is 0 Å². The number of rotatable bonds is 6. The van der Waals surface area contributed by atoms with Crippen molar-refractivity contribution in [2.45, 2.75) is 6.04 Å². The molecule has 2 aromatic heterocycles. The van der Waals surface area contributed by atoms with E-state index in [9.17, 15) is 4.79 Å². The van der Waals surface area contributed by atoms with Crippen LogP contribution in [0.25, 0.3) is 6.08 Å². The first kappa shape index (κ1) is 14.8. The third kappa shape index (κ3) is 3.97. The highest BCUT2D eigenvalue weighted by Gasteiger charge is 2.17. The lowest BCUT2D eigenvalue weighted by molar-refractivity contribution is -0.116. The molecule has 3 aromatic rings. The summed E-state index contributed by atoms with van der Waals surface area (Å²) in [7, 11) is 0. The molecular formula is C18H17N3O2. The summed E-state index contributed by atoms with van der Waals surface area (Å²) < 4.78 is 7.21. The topological polar surface area (TPSA) is 60.1 Å². The Morgan fingerprint density at radius 2 is 2.09 bits per heavy atom. The highest BCUT2D eigenvalue weighted by atomic mass is 16.3. The van der Waals surface area contributed by atoms with Gasteiger partial charge in [-0.3, -0.25) is 9.48 Å². The molecule has 1 amide bonds. The Morgan fingerprint density at radius 3 is 2.78 bits per heavy atom. The molecule has 2 heterocycles. The lowest BCUT2D eigenvalue weighted by Crippen LogP contribution is -2.30. The minimum Gasteiger partial charge on any atom is -0.467 e. The zero-order valence-corrected chi connectivity index (χ0v) is 12.5. The summed E-state index contributed by atoms with van der Waals surface area (Å²) in [5.74, 6) is 0.596. The molecule has 5 nitrogen and oxygen atoms in total. The number of carbonyl (C=O) groups is 1. The molecule has 116 valence electrons. The van der Waals surface area contributed by atoms with Crippen LogP contribution in [-0.4, -0.2) is 22.2 Å². The van der Waals surface area contributed by atoms with Crippen LogP contribution >= 0.6 is 0 Å². The summed E-state index contributed by atoms with van der Waals surface area (Å²) in [6.45, 7) is 0.396. The van der Waals surface area contributed by atoms with Gasteiger partial charge in [0.15, 0.2) is 0 Å². The van der Waals surface area contributed by atoms with Crippen molar-refractivity contribution in [1.29, 1.82) is 0 Å². The minimum atomic E-state index is -0.172. The maximum atomic E-state index is 12.0. The predicted molar refractivity (Wildman–Crippen MR) is 87.6 cm³/mol. The maximum Gasteiger partial charge on any atom is 0.244 e. The van der Waals surface area contributed by atoms with Gasteiger partial charge < -0.3 is 9.73 Å². The molecular weight excluding hydrogens is 290 g/mol. The molecule has 3 rings (SSSR count). The third-order valence-electron chi connectivity index (χ3n) is 3.41. The summed E-state index contributed by atoms with van der Waals surface area (Å²) in [5.41, 5.74) is 0.984. The average molecular weight is 307 g/mol. The molecule has 0 radical (unpaired) electrons. The van der Waals surface area contributed by atoms with Gasteiger partial charge >= 0.3 is 0 Å². The summed E-state index contributed by atoms with van der Waals surface area (Å²) in [6.07, 6.45) is 8.47. The molecule has 1 unspecified atom stereocenters. The standard InChI is InChI=1S/C18H17N3O2/c22-18(10-9-15-6-2-1-3-7-15)19-14-16(17-8-4-13-23-17)21-12-5-11-20-21/h1-13,16H,14H2,(H,19,22).